The third-order valence-electron chi connectivity index (χ3n) is 3.14. The Kier molecular flexibility index (Phi) is 4.70. The van der Waals surface area contributed by atoms with Gasteiger partial charge in [0.05, 0.1) is 11.0 Å². The summed E-state index contributed by atoms with van der Waals surface area (Å²) < 4.78 is 37.5. The first-order valence-electron chi connectivity index (χ1n) is 6.75. The standard InChI is InChI=1S/C14H18N2O4S/c1-11(2)16(7-3-6-15)21(17,18)12-4-5-13-14(10-12)20-9-8-19-13/h4-5,10-11H,3,7-9H2,1-2H3. The quantitative estimate of drug-likeness (QED) is 0.828. The van der Waals surface area contributed by atoms with Crippen LogP contribution in [0, 0.1) is 11.3 Å². The number of rotatable bonds is 5. The van der Waals surface area contributed by atoms with Gasteiger partial charge in [-0.1, -0.05) is 0 Å². The first-order valence-corrected chi connectivity index (χ1v) is 8.19. The van der Waals surface area contributed by atoms with Crippen LogP contribution >= 0.6 is 0 Å². The lowest BCUT2D eigenvalue weighted by molar-refractivity contribution is 0.171. The summed E-state index contributed by atoms with van der Waals surface area (Å²) in [6.07, 6.45) is 0.155. The van der Waals surface area contributed by atoms with Crippen molar-refractivity contribution in [2.75, 3.05) is 19.8 Å². The van der Waals surface area contributed by atoms with Gasteiger partial charge in [-0.15, -0.1) is 0 Å². The summed E-state index contributed by atoms with van der Waals surface area (Å²) in [7, 11) is -3.66. The predicted octanol–water partition coefficient (Wildman–Crippen LogP) is 1.77. The second-order valence-electron chi connectivity index (χ2n) is 4.92. The molecular formula is C14H18N2O4S. The number of nitrogens with zero attached hydrogens (tertiary/aromatic N) is 2. The molecule has 0 radical (unpaired) electrons. The summed E-state index contributed by atoms with van der Waals surface area (Å²) in [6, 6.07) is 6.33. The van der Waals surface area contributed by atoms with Crippen molar-refractivity contribution in [3.8, 4) is 17.6 Å². The van der Waals surface area contributed by atoms with Gasteiger partial charge in [0, 0.05) is 25.1 Å². The second-order valence-corrected chi connectivity index (χ2v) is 6.81. The lowest BCUT2D eigenvalue weighted by Crippen LogP contribution is -2.37. The van der Waals surface area contributed by atoms with Gasteiger partial charge in [-0.2, -0.15) is 9.57 Å². The zero-order valence-corrected chi connectivity index (χ0v) is 12.9. The van der Waals surface area contributed by atoms with E-state index in [0.717, 1.165) is 0 Å². The van der Waals surface area contributed by atoms with Crippen LogP contribution in [0.2, 0.25) is 0 Å². The van der Waals surface area contributed by atoms with E-state index in [1.807, 2.05) is 6.07 Å². The van der Waals surface area contributed by atoms with E-state index in [9.17, 15) is 8.42 Å². The highest BCUT2D eigenvalue weighted by Gasteiger charge is 2.28. The van der Waals surface area contributed by atoms with Gasteiger partial charge in [0.1, 0.15) is 13.2 Å². The Hall–Kier alpha value is -1.78. The van der Waals surface area contributed by atoms with Gasteiger partial charge in [0.25, 0.3) is 0 Å². The summed E-state index contributed by atoms with van der Waals surface area (Å²) in [6.45, 7) is 4.60. The van der Waals surface area contributed by atoms with Crippen molar-refractivity contribution in [2.24, 2.45) is 0 Å². The fraction of sp³-hybridized carbons (Fsp3) is 0.500. The van der Waals surface area contributed by atoms with Crippen molar-refractivity contribution >= 4 is 10.0 Å². The van der Waals surface area contributed by atoms with Gasteiger partial charge in [-0.3, -0.25) is 0 Å². The molecule has 0 N–H and O–H groups in total. The third kappa shape index (κ3) is 3.28. The second kappa shape index (κ2) is 6.33. The van der Waals surface area contributed by atoms with Crippen molar-refractivity contribution in [3.63, 3.8) is 0 Å². The molecule has 0 fully saturated rings. The SMILES string of the molecule is CC(C)N(CCC#N)S(=O)(=O)c1ccc2c(c1)OCCO2. The highest BCUT2D eigenvalue weighted by molar-refractivity contribution is 7.89. The predicted molar refractivity (Wildman–Crippen MR) is 76.7 cm³/mol. The van der Waals surface area contributed by atoms with E-state index in [0.29, 0.717) is 24.7 Å². The van der Waals surface area contributed by atoms with Crippen molar-refractivity contribution in [2.45, 2.75) is 31.2 Å². The van der Waals surface area contributed by atoms with Crippen LogP contribution in [0.1, 0.15) is 20.3 Å². The molecule has 21 heavy (non-hydrogen) atoms. The molecule has 6 nitrogen and oxygen atoms in total. The topological polar surface area (TPSA) is 79.6 Å². The van der Waals surface area contributed by atoms with Crippen molar-refractivity contribution in [1.82, 2.24) is 4.31 Å². The maximum Gasteiger partial charge on any atom is 0.243 e. The Morgan fingerprint density at radius 2 is 1.95 bits per heavy atom. The number of nitriles is 1. The molecule has 1 aliphatic heterocycles. The maximum atomic E-state index is 12.7. The van der Waals surface area contributed by atoms with E-state index >= 15 is 0 Å². The third-order valence-corrected chi connectivity index (χ3v) is 5.21. The van der Waals surface area contributed by atoms with E-state index < -0.39 is 10.0 Å². The summed E-state index contributed by atoms with van der Waals surface area (Å²) in [4.78, 5) is 0.151. The van der Waals surface area contributed by atoms with Gasteiger partial charge in [0.15, 0.2) is 11.5 Å². The van der Waals surface area contributed by atoms with Gasteiger partial charge >= 0.3 is 0 Å². The molecular weight excluding hydrogens is 292 g/mol. The van der Waals surface area contributed by atoms with Gasteiger partial charge in [-0.05, 0) is 26.0 Å². The van der Waals surface area contributed by atoms with Crippen LogP contribution in [0.15, 0.2) is 23.1 Å². The molecule has 0 unspecified atom stereocenters. The van der Waals surface area contributed by atoms with E-state index in [-0.39, 0.29) is 23.9 Å². The molecule has 1 heterocycles. The first-order chi connectivity index (χ1) is 9.96. The van der Waals surface area contributed by atoms with Crippen LogP contribution in [-0.2, 0) is 10.0 Å². The van der Waals surface area contributed by atoms with Crippen LogP contribution in [0.25, 0.3) is 0 Å². The van der Waals surface area contributed by atoms with E-state index in [1.165, 1.54) is 16.4 Å². The zero-order chi connectivity index (χ0) is 15.5. The number of ether oxygens (including phenoxy) is 2. The number of hydrogen-bond donors (Lipinski definition) is 0. The molecule has 0 aliphatic carbocycles. The van der Waals surface area contributed by atoms with Crippen LogP contribution < -0.4 is 9.47 Å². The highest BCUT2D eigenvalue weighted by atomic mass is 32.2. The molecule has 0 saturated carbocycles. The van der Waals surface area contributed by atoms with E-state index in [4.69, 9.17) is 14.7 Å². The number of sulfonamides is 1. The molecule has 0 saturated heterocycles. The van der Waals surface area contributed by atoms with Crippen LogP contribution in [-0.4, -0.2) is 38.5 Å². The number of benzene rings is 1. The zero-order valence-electron chi connectivity index (χ0n) is 12.1. The Labute approximate surface area is 124 Å². The van der Waals surface area contributed by atoms with Crippen molar-refractivity contribution in [1.29, 1.82) is 5.26 Å². The average Bonchev–Trinajstić information content (AvgIpc) is 2.46. The Balaban J connectivity index is 2.35. The lowest BCUT2D eigenvalue weighted by Gasteiger charge is -2.26. The molecule has 2 rings (SSSR count). The number of hydrogen-bond acceptors (Lipinski definition) is 5. The van der Waals surface area contributed by atoms with Gasteiger partial charge in [0.2, 0.25) is 10.0 Å². The first kappa shape index (κ1) is 15.6. The Morgan fingerprint density at radius 3 is 2.57 bits per heavy atom. The molecule has 0 bridgehead atoms. The van der Waals surface area contributed by atoms with Crippen LogP contribution in [0.3, 0.4) is 0 Å². The minimum atomic E-state index is -3.66. The summed E-state index contributed by atoms with van der Waals surface area (Å²) in [5.74, 6) is 0.986. The Morgan fingerprint density at radius 1 is 1.29 bits per heavy atom. The molecule has 7 heteroatoms. The fourth-order valence-electron chi connectivity index (χ4n) is 2.14. The minimum Gasteiger partial charge on any atom is -0.486 e. The summed E-state index contributed by atoms with van der Waals surface area (Å²) in [5.41, 5.74) is 0. The molecule has 0 amide bonds. The molecule has 0 atom stereocenters. The molecule has 114 valence electrons. The maximum absolute atomic E-state index is 12.7. The molecule has 1 aliphatic rings. The van der Waals surface area contributed by atoms with Crippen molar-refractivity contribution in [3.05, 3.63) is 18.2 Å². The molecule has 1 aromatic carbocycles. The van der Waals surface area contributed by atoms with E-state index in [2.05, 4.69) is 0 Å². The summed E-state index contributed by atoms with van der Waals surface area (Å²) in [5, 5.41) is 8.68. The summed E-state index contributed by atoms with van der Waals surface area (Å²) >= 11 is 0. The average molecular weight is 310 g/mol. The van der Waals surface area contributed by atoms with Gasteiger partial charge in [-0.25, -0.2) is 8.42 Å². The number of fused-ring (bicyclic) bond motifs is 1. The normalized spacial score (nSPS) is 14.2. The van der Waals surface area contributed by atoms with E-state index in [1.54, 1.807) is 19.9 Å². The lowest BCUT2D eigenvalue weighted by atomic mass is 10.3. The molecule has 0 aromatic heterocycles. The minimum absolute atomic E-state index is 0.151. The largest absolute Gasteiger partial charge is 0.486 e. The fourth-order valence-corrected chi connectivity index (χ4v) is 3.79. The van der Waals surface area contributed by atoms with Crippen molar-refractivity contribution < 1.29 is 17.9 Å². The monoisotopic (exact) mass is 310 g/mol. The highest BCUT2D eigenvalue weighted by Crippen LogP contribution is 2.33. The molecule has 1 aromatic rings. The van der Waals surface area contributed by atoms with Crippen LogP contribution in [0.5, 0.6) is 11.5 Å². The smallest absolute Gasteiger partial charge is 0.243 e. The Bertz CT molecular complexity index is 649. The van der Waals surface area contributed by atoms with Crippen LogP contribution in [0.4, 0.5) is 0 Å². The van der Waals surface area contributed by atoms with Gasteiger partial charge < -0.3 is 9.47 Å². The molecule has 0 spiro atoms.